The van der Waals surface area contributed by atoms with E-state index >= 15 is 0 Å². The smallest absolute Gasteiger partial charge is 0.0992 e. The van der Waals surface area contributed by atoms with E-state index in [2.05, 4.69) is 43.4 Å². The summed E-state index contributed by atoms with van der Waals surface area (Å²) in [4.78, 5) is 0. The van der Waals surface area contributed by atoms with Crippen molar-refractivity contribution in [2.45, 2.75) is 20.3 Å². The van der Waals surface area contributed by atoms with E-state index < -0.39 is 0 Å². The topological polar surface area (TPSA) is 35.8 Å². The van der Waals surface area contributed by atoms with Crippen molar-refractivity contribution in [3.8, 4) is 6.07 Å². The number of aryl methyl sites for hydroxylation is 2. The molecule has 0 fully saturated rings. The largest absolute Gasteiger partial charge is 0.355 e. The molecule has 0 aromatic heterocycles. The van der Waals surface area contributed by atoms with Gasteiger partial charge in [-0.15, -0.1) is 0 Å². The Kier molecular flexibility index (Phi) is 3.64. The van der Waals surface area contributed by atoms with Gasteiger partial charge in [0.25, 0.3) is 0 Å². The van der Waals surface area contributed by atoms with E-state index in [1.807, 2.05) is 24.3 Å². The number of para-hydroxylation sites is 1. The van der Waals surface area contributed by atoms with Gasteiger partial charge in [-0.3, -0.25) is 0 Å². The van der Waals surface area contributed by atoms with Crippen molar-refractivity contribution in [1.29, 1.82) is 5.26 Å². The highest BCUT2D eigenvalue weighted by atomic mass is 14.9. The molecule has 2 rings (SSSR count). The maximum absolute atomic E-state index is 8.91. The molecule has 0 atom stereocenters. The molecule has 0 saturated carbocycles. The van der Waals surface area contributed by atoms with Crippen molar-refractivity contribution in [1.82, 2.24) is 0 Å². The Morgan fingerprint density at radius 2 is 1.94 bits per heavy atom. The summed E-state index contributed by atoms with van der Waals surface area (Å²) >= 11 is 0. The molecule has 0 radical (unpaired) electrons. The van der Waals surface area contributed by atoms with Crippen LogP contribution in [0.25, 0.3) is 0 Å². The molecule has 0 unspecified atom stereocenters. The van der Waals surface area contributed by atoms with E-state index in [1.165, 1.54) is 11.1 Å². The second-order valence-corrected chi connectivity index (χ2v) is 4.28. The second kappa shape index (κ2) is 5.37. The summed E-state index contributed by atoms with van der Waals surface area (Å²) in [6.45, 7) is 4.24. The molecule has 0 heterocycles. The van der Waals surface area contributed by atoms with Gasteiger partial charge in [-0.1, -0.05) is 31.2 Å². The molecule has 1 N–H and O–H groups in total. The Hall–Kier alpha value is -2.27. The summed E-state index contributed by atoms with van der Waals surface area (Å²) in [6, 6.07) is 16.0. The summed E-state index contributed by atoms with van der Waals surface area (Å²) < 4.78 is 0. The Morgan fingerprint density at radius 3 is 2.67 bits per heavy atom. The number of nitrogens with zero attached hydrogens (tertiary/aromatic N) is 1. The fraction of sp³-hybridized carbons (Fsp3) is 0.188. The maximum atomic E-state index is 8.91. The summed E-state index contributed by atoms with van der Waals surface area (Å²) in [6.07, 6.45) is 0.988. The van der Waals surface area contributed by atoms with Gasteiger partial charge >= 0.3 is 0 Å². The fourth-order valence-corrected chi connectivity index (χ4v) is 2.01. The van der Waals surface area contributed by atoms with Crippen LogP contribution >= 0.6 is 0 Å². The van der Waals surface area contributed by atoms with Crippen LogP contribution in [0.3, 0.4) is 0 Å². The third-order valence-electron chi connectivity index (χ3n) is 3.00. The van der Waals surface area contributed by atoms with Gasteiger partial charge in [0, 0.05) is 11.4 Å². The SMILES string of the molecule is CCc1cccc(C)c1Nc1cccc(C#N)c1. The first-order chi connectivity index (χ1) is 8.74. The average molecular weight is 236 g/mol. The molecule has 2 nitrogen and oxygen atoms in total. The molecule has 0 saturated heterocycles. The Labute approximate surface area is 108 Å². The number of rotatable bonds is 3. The molecule has 0 bridgehead atoms. The minimum atomic E-state index is 0.673. The summed E-state index contributed by atoms with van der Waals surface area (Å²) in [7, 11) is 0. The van der Waals surface area contributed by atoms with Crippen molar-refractivity contribution in [3.63, 3.8) is 0 Å². The predicted octanol–water partition coefficient (Wildman–Crippen LogP) is 4.17. The van der Waals surface area contributed by atoms with Crippen LogP contribution in [0.1, 0.15) is 23.6 Å². The molecule has 0 aliphatic rings. The lowest BCUT2D eigenvalue weighted by molar-refractivity contribution is 1.13. The first kappa shape index (κ1) is 12.2. The van der Waals surface area contributed by atoms with Crippen molar-refractivity contribution in [2.75, 3.05) is 5.32 Å². The van der Waals surface area contributed by atoms with Crippen LogP contribution in [0.4, 0.5) is 11.4 Å². The lowest BCUT2D eigenvalue weighted by Gasteiger charge is -2.14. The normalized spacial score (nSPS) is 9.83. The highest BCUT2D eigenvalue weighted by Crippen LogP contribution is 2.25. The van der Waals surface area contributed by atoms with E-state index in [1.54, 1.807) is 0 Å². The summed E-state index contributed by atoms with van der Waals surface area (Å²) in [5.41, 5.74) is 5.29. The van der Waals surface area contributed by atoms with Crippen LogP contribution in [-0.2, 0) is 6.42 Å². The molecule has 0 aliphatic carbocycles. The number of nitrogens with one attached hydrogen (secondary N) is 1. The molecule has 0 aliphatic heterocycles. The Morgan fingerprint density at radius 1 is 1.17 bits per heavy atom. The number of hydrogen-bond acceptors (Lipinski definition) is 2. The van der Waals surface area contributed by atoms with Crippen molar-refractivity contribution >= 4 is 11.4 Å². The van der Waals surface area contributed by atoms with Crippen LogP contribution < -0.4 is 5.32 Å². The van der Waals surface area contributed by atoms with Crippen molar-refractivity contribution in [3.05, 3.63) is 59.2 Å². The monoisotopic (exact) mass is 236 g/mol. The zero-order valence-corrected chi connectivity index (χ0v) is 10.7. The van der Waals surface area contributed by atoms with Gasteiger partial charge in [-0.2, -0.15) is 5.26 Å². The van der Waals surface area contributed by atoms with Gasteiger partial charge in [-0.05, 0) is 42.7 Å². The van der Waals surface area contributed by atoms with Gasteiger partial charge in [0.2, 0.25) is 0 Å². The second-order valence-electron chi connectivity index (χ2n) is 4.28. The number of anilines is 2. The third-order valence-corrected chi connectivity index (χ3v) is 3.00. The Balaban J connectivity index is 2.37. The highest BCUT2D eigenvalue weighted by Gasteiger charge is 2.04. The zero-order valence-electron chi connectivity index (χ0n) is 10.7. The molecule has 2 aromatic carbocycles. The number of benzene rings is 2. The van der Waals surface area contributed by atoms with Gasteiger partial charge < -0.3 is 5.32 Å². The minimum Gasteiger partial charge on any atom is -0.355 e. The molecule has 0 spiro atoms. The molecule has 18 heavy (non-hydrogen) atoms. The van der Waals surface area contributed by atoms with Crippen LogP contribution in [-0.4, -0.2) is 0 Å². The molecule has 2 aromatic rings. The summed E-state index contributed by atoms with van der Waals surface area (Å²) in [5, 5.41) is 12.3. The van der Waals surface area contributed by atoms with Crippen molar-refractivity contribution < 1.29 is 0 Å². The third kappa shape index (κ3) is 2.52. The lowest BCUT2D eigenvalue weighted by atomic mass is 10.1. The van der Waals surface area contributed by atoms with Crippen LogP contribution in [0.2, 0.25) is 0 Å². The molecular weight excluding hydrogens is 220 g/mol. The predicted molar refractivity (Wildman–Crippen MR) is 75.0 cm³/mol. The van der Waals surface area contributed by atoms with Gasteiger partial charge in [0.05, 0.1) is 11.6 Å². The van der Waals surface area contributed by atoms with E-state index in [9.17, 15) is 0 Å². The summed E-state index contributed by atoms with van der Waals surface area (Å²) in [5.74, 6) is 0. The molecule has 2 heteroatoms. The van der Waals surface area contributed by atoms with Crippen LogP contribution in [0.5, 0.6) is 0 Å². The molecule has 0 amide bonds. The fourth-order valence-electron chi connectivity index (χ4n) is 2.01. The number of hydrogen-bond donors (Lipinski definition) is 1. The van der Waals surface area contributed by atoms with E-state index in [-0.39, 0.29) is 0 Å². The first-order valence-corrected chi connectivity index (χ1v) is 6.10. The van der Waals surface area contributed by atoms with Gasteiger partial charge in [-0.25, -0.2) is 0 Å². The minimum absolute atomic E-state index is 0.673. The Bertz CT molecular complexity index is 594. The zero-order chi connectivity index (χ0) is 13.0. The highest BCUT2D eigenvalue weighted by molar-refractivity contribution is 5.67. The average Bonchev–Trinajstić information content (AvgIpc) is 2.41. The maximum Gasteiger partial charge on any atom is 0.0992 e. The molecule has 90 valence electrons. The molecular formula is C16H16N2. The first-order valence-electron chi connectivity index (χ1n) is 6.10. The van der Waals surface area contributed by atoms with Crippen LogP contribution in [0, 0.1) is 18.3 Å². The number of nitriles is 1. The van der Waals surface area contributed by atoms with Gasteiger partial charge in [0.1, 0.15) is 0 Å². The van der Waals surface area contributed by atoms with Crippen molar-refractivity contribution in [2.24, 2.45) is 0 Å². The van der Waals surface area contributed by atoms with E-state index in [4.69, 9.17) is 5.26 Å². The van der Waals surface area contributed by atoms with Crippen LogP contribution in [0.15, 0.2) is 42.5 Å². The van der Waals surface area contributed by atoms with E-state index in [0.29, 0.717) is 5.56 Å². The standard InChI is InChI=1S/C16H16N2/c1-3-14-8-4-6-12(2)16(14)18-15-9-5-7-13(10-15)11-17/h4-10,18H,3H2,1-2H3. The lowest BCUT2D eigenvalue weighted by Crippen LogP contribution is -1.98. The van der Waals surface area contributed by atoms with E-state index in [0.717, 1.165) is 17.8 Å². The quantitative estimate of drug-likeness (QED) is 0.868. The van der Waals surface area contributed by atoms with Gasteiger partial charge in [0.15, 0.2) is 0 Å².